The average molecular weight is 179 g/mol. The number of carbonyl (C=O) groups is 1. The van der Waals surface area contributed by atoms with Gasteiger partial charge in [-0.25, -0.2) is 0 Å². The van der Waals surface area contributed by atoms with Gasteiger partial charge in [0.25, 0.3) is 0 Å². The molecule has 1 aliphatic carbocycles. The first-order valence-corrected chi connectivity index (χ1v) is 4.87. The van der Waals surface area contributed by atoms with Gasteiger partial charge in [0.05, 0.1) is 11.0 Å². The molecule has 2 aliphatic rings. The molecule has 1 aliphatic heterocycles. The van der Waals surface area contributed by atoms with Crippen LogP contribution in [0.25, 0.3) is 0 Å². The van der Waals surface area contributed by atoms with Crippen LogP contribution in [0.2, 0.25) is 0 Å². The van der Waals surface area contributed by atoms with Crippen molar-refractivity contribution in [1.29, 1.82) is 0 Å². The van der Waals surface area contributed by atoms with Gasteiger partial charge in [-0.05, 0) is 40.5 Å². The smallest absolute Gasteiger partial charge is 0.229 e. The van der Waals surface area contributed by atoms with E-state index >= 15 is 0 Å². The zero-order chi connectivity index (χ0) is 9.85. The molecule has 1 amide bonds. The van der Waals surface area contributed by atoms with Crippen molar-refractivity contribution in [2.24, 2.45) is 5.41 Å². The van der Waals surface area contributed by atoms with E-state index in [-0.39, 0.29) is 16.9 Å². The van der Waals surface area contributed by atoms with Crippen LogP contribution in [0.3, 0.4) is 0 Å². The summed E-state index contributed by atoms with van der Waals surface area (Å²) in [4.78, 5) is 11.5. The van der Waals surface area contributed by atoms with Crippen LogP contribution >= 0.6 is 0 Å². The Morgan fingerprint density at radius 1 is 1.15 bits per heavy atom. The summed E-state index contributed by atoms with van der Waals surface area (Å²) in [5.74, 6) is 0.224. The molecule has 13 heavy (non-hydrogen) atoms. The molecule has 2 rings (SSSR count). The van der Waals surface area contributed by atoms with Crippen molar-refractivity contribution in [3.8, 4) is 0 Å². The van der Waals surface area contributed by atoms with E-state index in [1.165, 1.54) is 11.1 Å². The first-order chi connectivity index (χ1) is 5.89. The zero-order valence-electron chi connectivity index (χ0n) is 8.82. The summed E-state index contributed by atoms with van der Waals surface area (Å²) < 4.78 is 0. The van der Waals surface area contributed by atoms with Crippen molar-refractivity contribution in [1.82, 2.24) is 5.32 Å². The van der Waals surface area contributed by atoms with E-state index < -0.39 is 0 Å². The second-order valence-corrected chi connectivity index (χ2v) is 5.03. The van der Waals surface area contributed by atoms with Crippen molar-refractivity contribution >= 4 is 5.91 Å². The topological polar surface area (TPSA) is 29.1 Å². The quantitative estimate of drug-likeness (QED) is 0.447. The minimum absolute atomic E-state index is 0.0215. The Kier molecular flexibility index (Phi) is 1.47. The number of β-lactam (4-membered cyclic amide) rings is 1. The summed E-state index contributed by atoms with van der Waals surface area (Å²) in [7, 11) is 0. The molecule has 0 bridgehead atoms. The number of allylic oxidation sites excluding steroid dienone is 1. The van der Waals surface area contributed by atoms with Gasteiger partial charge in [-0.3, -0.25) is 4.79 Å². The molecule has 1 fully saturated rings. The molecule has 0 radical (unpaired) electrons. The third-order valence-electron chi connectivity index (χ3n) is 4.07. The second kappa shape index (κ2) is 2.17. The maximum absolute atomic E-state index is 11.5. The van der Waals surface area contributed by atoms with E-state index in [2.05, 4.69) is 33.0 Å². The standard InChI is InChI=1S/C11H17NO/c1-7-5-10(3)9(13)12-11(10,4)6-8(7)2/h5-6H2,1-4H3,(H,12,13)/t10-,11+/m0/s1. The maximum atomic E-state index is 11.5. The molecule has 1 saturated heterocycles. The predicted octanol–water partition coefficient (Wildman–Crippen LogP) is 2.01. The molecule has 2 nitrogen and oxygen atoms in total. The van der Waals surface area contributed by atoms with Crippen LogP contribution in [0.15, 0.2) is 11.1 Å². The van der Waals surface area contributed by atoms with Crippen molar-refractivity contribution in [2.45, 2.75) is 46.1 Å². The lowest BCUT2D eigenvalue weighted by Gasteiger charge is -2.58. The van der Waals surface area contributed by atoms with Crippen LogP contribution in [0.1, 0.15) is 40.5 Å². The Labute approximate surface area is 79.4 Å². The van der Waals surface area contributed by atoms with Crippen molar-refractivity contribution < 1.29 is 4.79 Å². The number of rotatable bonds is 0. The molecule has 72 valence electrons. The average Bonchev–Trinajstić information content (AvgIpc) is 2.01. The lowest BCUT2D eigenvalue weighted by atomic mass is 9.56. The predicted molar refractivity (Wildman–Crippen MR) is 52.3 cm³/mol. The zero-order valence-corrected chi connectivity index (χ0v) is 8.82. The molecule has 0 saturated carbocycles. The van der Waals surface area contributed by atoms with E-state index in [1.54, 1.807) is 0 Å². The molecule has 2 heteroatoms. The number of hydrogen-bond acceptors (Lipinski definition) is 1. The lowest BCUT2D eigenvalue weighted by molar-refractivity contribution is -0.154. The van der Waals surface area contributed by atoms with Crippen LogP contribution in [0.4, 0.5) is 0 Å². The summed E-state index contributed by atoms with van der Waals surface area (Å²) in [6.07, 6.45) is 1.95. The maximum Gasteiger partial charge on any atom is 0.229 e. The van der Waals surface area contributed by atoms with Gasteiger partial charge in [-0.1, -0.05) is 11.1 Å². The molecule has 0 unspecified atom stereocenters. The normalized spacial score (nSPS) is 43.8. The van der Waals surface area contributed by atoms with Crippen LogP contribution in [-0.4, -0.2) is 11.4 Å². The summed E-state index contributed by atoms with van der Waals surface area (Å²) in [5, 5.41) is 3.04. The molecule has 0 aromatic heterocycles. The third kappa shape index (κ3) is 0.862. The van der Waals surface area contributed by atoms with Gasteiger partial charge >= 0.3 is 0 Å². The fraction of sp³-hybridized carbons (Fsp3) is 0.727. The highest BCUT2D eigenvalue weighted by Gasteiger charge is 2.61. The largest absolute Gasteiger partial charge is 0.349 e. The van der Waals surface area contributed by atoms with E-state index in [1.807, 2.05) is 0 Å². The highest BCUT2D eigenvalue weighted by Crippen LogP contribution is 2.51. The van der Waals surface area contributed by atoms with Gasteiger partial charge in [0.2, 0.25) is 5.91 Å². The molecule has 1 N–H and O–H groups in total. The van der Waals surface area contributed by atoms with E-state index in [0.717, 1.165) is 12.8 Å². The first kappa shape index (κ1) is 8.79. The molecule has 0 aromatic carbocycles. The summed E-state index contributed by atoms with van der Waals surface area (Å²) in [6, 6.07) is 0. The SMILES string of the molecule is CC1=C(C)C[C@@]2(C)C(=O)N[C@]2(C)C1. The monoisotopic (exact) mass is 179 g/mol. The van der Waals surface area contributed by atoms with Crippen LogP contribution in [-0.2, 0) is 4.79 Å². The Morgan fingerprint density at radius 2 is 1.69 bits per heavy atom. The highest BCUT2D eigenvalue weighted by atomic mass is 16.2. The van der Waals surface area contributed by atoms with Crippen LogP contribution < -0.4 is 5.32 Å². The molecule has 0 aromatic rings. The van der Waals surface area contributed by atoms with Gasteiger partial charge in [0.1, 0.15) is 0 Å². The van der Waals surface area contributed by atoms with E-state index in [9.17, 15) is 4.79 Å². The molecule has 0 spiro atoms. The minimum Gasteiger partial charge on any atom is -0.349 e. The number of fused-ring (bicyclic) bond motifs is 1. The van der Waals surface area contributed by atoms with Crippen LogP contribution in [0, 0.1) is 5.41 Å². The molecular formula is C11H17NO. The van der Waals surface area contributed by atoms with Gasteiger partial charge < -0.3 is 5.32 Å². The molecular weight excluding hydrogens is 162 g/mol. The molecule has 2 atom stereocenters. The van der Waals surface area contributed by atoms with Gasteiger partial charge in [0.15, 0.2) is 0 Å². The van der Waals surface area contributed by atoms with Crippen molar-refractivity contribution in [2.75, 3.05) is 0 Å². The fourth-order valence-electron chi connectivity index (χ4n) is 2.59. The van der Waals surface area contributed by atoms with E-state index in [0.29, 0.717) is 0 Å². The van der Waals surface area contributed by atoms with Crippen LogP contribution in [0.5, 0.6) is 0 Å². The fourth-order valence-corrected chi connectivity index (χ4v) is 2.59. The van der Waals surface area contributed by atoms with E-state index in [4.69, 9.17) is 0 Å². The number of hydrogen-bond donors (Lipinski definition) is 1. The lowest BCUT2D eigenvalue weighted by Crippen LogP contribution is -2.75. The van der Waals surface area contributed by atoms with Crippen molar-refractivity contribution in [3.63, 3.8) is 0 Å². The first-order valence-electron chi connectivity index (χ1n) is 4.87. The number of carbonyl (C=O) groups excluding carboxylic acids is 1. The molecule has 1 heterocycles. The Morgan fingerprint density at radius 3 is 2.23 bits per heavy atom. The summed E-state index contributed by atoms with van der Waals surface area (Å²) >= 11 is 0. The summed E-state index contributed by atoms with van der Waals surface area (Å²) in [6.45, 7) is 8.56. The van der Waals surface area contributed by atoms with Gasteiger partial charge in [-0.2, -0.15) is 0 Å². The number of amides is 1. The summed E-state index contributed by atoms with van der Waals surface area (Å²) in [5.41, 5.74) is 2.72. The minimum atomic E-state index is -0.142. The number of nitrogens with one attached hydrogen (secondary N) is 1. The van der Waals surface area contributed by atoms with Gasteiger partial charge in [0, 0.05) is 0 Å². The van der Waals surface area contributed by atoms with Crippen molar-refractivity contribution in [3.05, 3.63) is 11.1 Å². The second-order valence-electron chi connectivity index (χ2n) is 5.03. The third-order valence-corrected chi connectivity index (χ3v) is 4.07. The highest BCUT2D eigenvalue weighted by molar-refractivity contribution is 5.92. The Bertz CT molecular complexity index is 318. The Hall–Kier alpha value is -0.790. The Balaban J connectivity index is 2.40. The van der Waals surface area contributed by atoms with Gasteiger partial charge in [-0.15, -0.1) is 0 Å².